The molecule has 1 aromatic heterocycles. The molecule has 0 saturated heterocycles. The van der Waals surface area contributed by atoms with Crippen molar-refractivity contribution >= 4 is 17.6 Å². The number of benzene rings is 1. The number of hydrogen-bond acceptors (Lipinski definition) is 4. The molecule has 0 unspecified atom stereocenters. The van der Waals surface area contributed by atoms with Crippen molar-refractivity contribution in [2.24, 2.45) is 5.73 Å². The number of nitrogens with zero attached hydrogens (tertiary/aromatic N) is 1. The van der Waals surface area contributed by atoms with Gasteiger partial charge in [-0.3, -0.25) is 4.79 Å². The molecule has 7 heteroatoms. The van der Waals surface area contributed by atoms with Crippen molar-refractivity contribution in [3.8, 4) is 11.3 Å². The van der Waals surface area contributed by atoms with Crippen LogP contribution in [0.25, 0.3) is 11.3 Å². The molecule has 1 heterocycles. The van der Waals surface area contributed by atoms with E-state index in [0.717, 1.165) is 0 Å². The van der Waals surface area contributed by atoms with Gasteiger partial charge in [0.1, 0.15) is 5.82 Å². The number of amides is 1. The molecule has 6 nitrogen and oxygen atoms in total. The minimum Gasteiger partial charge on any atom is -0.476 e. The minimum atomic E-state index is -1.32. The Bertz CT molecular complexity index is 803. The molecule has 23 heavy (non-hydrogen) atoms. The second-order valence-corrected chi connectivity index (χ2v) is 5.39. The Balaban J connectivity index is 2.74. The van der Waals surface area contributed by atoms with Crippen LogP contribution in [-0.2, 0) is 0 Å². The van der Waals surface area contributed by atoms with Crippen LogP contribution in [0, 0.1) is 5.82 Å². The van der Waals surface area contributed by atoms with Gasteiger partial charge in [0, 0.05) is 5.56 Å². The third-order valence-corrected chi connectivity index (χ3v) is 3.43. The SMILES string of the molecule is CC(C)c1cc(C(N)=O)c(F)c(-c2ccc(N)c(C(=O)O)n2)c1. The third kappa shape index (κ3) is 3.13. The lowest BCUT2D eigenvalue weighted by atomic mass is 9.95. The Morgan fingerprint density at radius 1 is 1.26 bits per heavy atom. The first-order valence-corrected chi connectivity index (χ1v) is 6.85. The monoisotopic (exact) mass is 317 g/mol. The molecule has 2 rings (SSSR count). The van der Waals surface area contributed by atoms with E-state index in [1.165, 1.54) is 24.3 Å². The zero-order valence-electron chi connectivity index (χ0n) is 12.6. The summed E-state index contributed by atoms with van der Waals surface area (Å²) in [5.74, 6) is -3.05. The number of anilines is 1. The summed E-state index contributed by atoms with van der Waals surface area (Å²) in [5, 5.41) is 9.08. The van der Waals surface area contributed by atoms with Gasteiger partial charge in [-0.1, -0.05) is 13.8 Å². The van der Waals surface area contributed by atoms with Gasteiger partial charge in [0.05, 0.1) is 16.9 Å². The van der Waals surface area contributed by atoms with Crippen LogP contribution in [-0.4, -0.2) is 22.0 Å². The number of aromatic nitrogens is 1. The predicted molar refractivity (Wildman–Crippen MR) is 83.6 cm³/mol. The summed E-state index contributed by atoms with van der Waals surface area (Å²) < 4.78 is 14.6. The van der Waals surface area contributed by atoms with Gasteiger partial charge in [-0.15, -0.1) is 0 Å². The highest BCUT2D eigenvalue weighted by atomic mass is 19.1. The van der Waals surface area contributed by atoms with E-state index in [4.69, 9.17) is 16.6 Å². The topological polar surface area (TPSA) is 119 Å². The highest BCUT2D eigenvalue weighted by molar-refractivity contribution is 5.95. The van der Waals surface area contributed by atoms with Crippen LogP contribution in [0.15, 0.2) is 24.3 Å². The molecular weight excluding hydrogens is 301 g/mol. The van der Waals surface area contributed by atoms with E-state index in [2.05, 4.69) is 4.98 Å². The summed E-state index contributed by atoms with van der Waals surface area (Å²) in [6.45, 7) is 3.75. The number of carboxylic acids is 1. The lowest BCUT2D eigenvalue weighted by Gasteiger charge is -2.13. The van der Waals surface area contributed by atoms with Crippen LogP contribution in [0.2, 0.25) is 0 Å². The fourth-order valence-electron chi connectivity index (χ4n) is 2.14. The van der Waals surface area contributed by atoms with Crippen LogP contribution < -0.4 is 11.5 Å². The molecule has 1 amide bonds. The first kappa shape index (κ1) is 16.4. The van der Waals surface area contributed by atoms with Crippen molar-refractivity contribution < 1.29 is 19.1 Å². The van der Waals surface area contributed by atoms with Gasteiger partial charge in [0.15, 0.2) is 5.69 Å². The van der Waals surface area contributed by atoms with Crippen molar-refractivity contribution in [2.45, 2.75) is 19.8 Å². The van der Waals surface area contributed by atoms with Gasteiger partial charge < -0.3 is 16.6 Å². The molecule has 5 N–H and O–H groups in total. The molecule has 0 aliphatic carbocycles. The Morgan fingerprint density at radius 3 is 2.43 bits per heavy atom. The Labute approximate surface area is 131 Å². The molecule has 0 fully saturated rings. The summed E-state index contributed by atoms with van der Waals surface area (Å²) >= 11 is 0. The van der Waals surface area contributed by atoms with Gasteiger partial charge in [-0.25, -0.2) is 14.2 Å². The van der Waals surface area contributed by atoms with Gasteiger partial charge >= 0.3 is 5.97 Å². The molecule has 2 aromatic rings. The third-order valence-electron chi connectivity index (χ3n) is 3.43. The summed E-state index contributed by atoms with van der Waals surface area (Å²) in [7, 11) is 0. The highest BCUT2D eigenvalue weighted by Gasteiger charge is 2.20. The Morgan fingerprint density at radius 2 is 1.91 bits per heavy atom. The van der Waals surface area contributed by atoms with Gasteiger partial charge in [-0.05, 0) is 35.7 Å². The van der Waals surface area contributed by atoms with Crippen LogP contribution in [0.4, 0.5) is 10.1 Å². The fraction of sp³-hybridized carbons (Fsp3) is 0.188. The highest BCUT2D eigenvalue weighted by Crippen LogP contribution is 2.29. The largest absolute Gasteiger partial charge is 0.476 e. The average Bonchev–Trinajstić information content (AvgIpc) is 2.47. The molecule has 120 valence electrons. The Hall–Kier alpha value is -2.96. The van der Waals surface area contributed by atoms with Crippen molar-refractivity contribution in [3.05, 3.63) is 46.9 Å². The Kier molecular flexibility index (Phi) is 4.31. The van der Waals surface area contributed by atoms with Crippen LogP contribution in [0.3, 0.4) is 0 Å². The zero-order chi connectivity index (χ0) is 17.3. The van der Waals surface area contributed by atoms with E-state index >= 15 is 0 Å². The number of rotatable bonds is 4. The second-order valence-electron chi connectivity index (χ2n) is 5.39. The molecule has 1 aromatic carbocycles. The van der Waals surface area contributed by atoms with Crippen LogP contribution in [0.5, 0.6) is 0 Å². The normalized spacial score (nSPS) is 10.8. The van der Waals surface area contributed by atoms with E-state index < -0.39 is 17.7 Å². The van der Waals surface area contributed by atoms with Gasteiger partial charge in [0.2, 0.25) is 0 Å². The number of aromatic carboxylic acids is 1. The first-order chi connectivity index (χ1) is 10.7. The first-order valence-electron chi connectivity index (χ1n) is 6.85. The number of nitrogens with two attached hydrogens (primary N) is 2. The number of nitrogen functional groups attached to an aromatic ring is 1. The number of carbonyl (C=O) groups excluding carboxylic acids is 1. The maximum Gasteiger partial charge on any atom is 0.356 e. The quantitative estimate of drug-likeness (QED) is 0.800. The van der Waals surface area contributed by atoms with Crippen LogP contribution >= 0.6 is 0 Å². The number of hydrogen-bond donors (Lipinski definition) is 3. The maximum atomic E-state index is 14.6. The van der Waals surface area contributed by atoms with E-state index in [9.17, 15) is 14.0 Å². The minimum absolute atomic E-state index is 0.00694. The molecule has 0 aliphatic rings. The smallest absolute Gasteiger partial charge is 0.356 e. The zero-order valence-corrected chi connectivity index (χ0v) is 12.6. The molecule has 0 saturated carbocycles. The molecular formula is C16H16FN3O3. The van der Waals surface area contributed by atoms with Crippen LogP contribution in [0.1, 0.15) is 46.2 Å². The number of halogens is 1. The molecule has 0 aliphatic heterocycles. The standard InChI is InChI=1S/C16H16FN3O3/c1-7(2)8-5-9(13(17)10(6-8)15(19)21)12-4-3-11(18)14(20-12)16(22)23/h3-7H,18H2,1-2H3,(H2,19,21)(H,22,23). The fourth-order valence-corrected chi connectivity index (χ4v) is 2.14. The predicted octanol–water partition coefficient (Wildman–Crippen LogP) is 2.39. The van der Waals surface area contributed by atoms with Crippen molar-refractivity contribution in [3.63, 3.8) is 0 Å². The van der Waals surface area contributed by atoms with Gasteiger partial charge in [0.25, 0.3) is 5.91 Å². The average molecular weight is 317 g/mol. The lowest BCUT2D eigenvalue weighted by Crippen LogP contribution is -2.15. The van der Waals surface area contributed by atoms with Crippen molar-refractivity contribution in [1.82, 2.24) is 4.98 Å². The number of carbonyl (C=O) groups is 2. The molecule has 0 radical (unpaired) electrons. The van der Waals surface area contributed by atoms with Gasteiger partial charge in [-0.2, -0.15) is 0 Å². The number of pyridine rings is 1. The molecule has 0 atom stereocenters. The van der Waals surface area contributed by atoms with E-state index in [0.29, 0.717) is 5.56 Å². The van der Waals surface area contributed by atoms with Crippen molar-refractivity contribution in [1.29, 1.82) is 0 Å². The number of primary amides is 1. The summed E-state index contributed by atoms with van der Waals surface area (Å²) in [6, 6.07) is 5.64. The summed E-state index contributed by atoms with van der Waals surface area (Å²) in [5.41, 5.74) is 10.9. The number of carboxylic acid groups (broad SMARTS) is 1. The second kappa shape index (κ2) is 6.04. The molecule has 0 spiro atoms. The summed E-state index contributed by atoms with van der Waals surface area (Å²) in [4.78, 5) is 26.5. The van der Waals surface area contributed by atoms with Crippen molar-refractivity contribution in [2.75, 3.05) is 5.73 Å². The lowest BCUT2D eigenvalue weighted by molar-refractivity contribution is 0.0691. The maximum absolute atomic E-state index is 14.6. The van der Waals surface area contributed by atoms with E-state index in [1.54, 1.807) is 0 Å². The van der Waals surface area contributed by atoms with E-state index in [1.807, 2.05) is 13.8 Å². The summed E-state index contributed by atoms with van der Waals surface area (Å²) in [6.07, 6.45) is 0. The van der Waals surface area contributed by atoms with E-state index in [-0.39, 0.29) is 34.1 Å². The molecule has 0 bridgehead atoms.